The van der Waals surface area contributed by atoms with E-state index in [2.05, 4.69) is 25.9 Å². The number of carbonyl (C=O) groups is 1. The average Bonchev–Trinajstić information content (AvgIpc) is 2.83. The van der Waals surface area contributed by atoms with Gasteiger partial charge in [-0.3, -0.25) is 14.8 Å². The number of halogens is 3. The van der Waals surface area contributed by atoms with Gasteiger partial charge in [0, 0.05) is 26.9 Å². The molecule has 0 aliphatic rings. The molecule has 7 heteroatoms. The summed E-state index contributed by atoms with van der Waals surface area (Å²) in [4.78, 5) is 17.8. The fourth-order valence-electron chi connectivity index (χ4n) is 2.23. The van der Waals surface area contributed by atoms with Crippen LogP contribution in [-0.2, 0) is 0 Å². The third-order valence-corrected chi connectivity index (χ3v) is 4.80. The van der Waals surface area contributed by atoms with Gasteiger partial charge in [-0.2, -0.15) is 0 Å². The molecule has 32 heavy (non-hydrogen) atoms. The molecular weight excluding hydrogens is 511 g/mol. The second-order valence-corrected chi connectivity index (χ2v) is 7.81. The lowest BCUT2D eigenvalue weighted by Gasteiger charge is -2.09. The predicted octanol–water partition coefficient (Wildman–Crippen LogP) is 7.45. The Bertz CT molecular complexity index is 1010. The van der Waals surface area contributed by atoms with Gasteiger partial charge in [-0.05, 0) is 66.2 Å². The first-order valence-electron chi connectivity index (χ1n) is 9.11. The zero-order valence-corrected chi connectivity index (χ0v) is 19.4. The maximum Gasteiger partial charge on any atom is 0.168 e. The maximum absolute atomic E-state index is 9.98. The van der Waals surface area contributed by atoms with Crippen molar-refractivity contribution in [3.63, 3.8) is 0 Å². The zero-order valence-electron chi connectivity index (χ0n) is 16.3. The van der Waals surface area contributed by atoms with Gasteiger partial charge < -0.3 is 5.11 Å². The van der Waals surface area contributed by atoms with Crippen LogP contribution in [0, 0.1) is 0 Å². The number of benzene rings is 2. The lowest BCUT2D eigenvalue weighted by Crippen LogP contribution is -2.01. The van der Waals surface area contributed by atoms with E-state index in [4.69, 9.17) is 23.2 Å². The van der Waals surface area contributed by atoms with Crippen molar-refractivity contribution < 1.29 is 9.90 Å². The minimum atomic E-state index is -0.691. The van der Waals surface area contributed by atoms with Crippen LogP contribution in [0.25, 0.3) is 0 Å². The van der Waals surface area contributed by atoms with Crippen molar-refractivity contribution in [2.45, 2.75) is 13.5 Å². The first-order chi connectivity index (χ1) is 15.0. The number of rotatable bonds is 3. The number of nitrogens with zero attached hydrogens (tertiary/aromatic N) is 2. The van der Waals surface area contributed by atoms with Gasteiger partial charge in [-0.15, -0.1) is 0 Å². The number of hydrogen-bond acceptors (Lipinski definition) is 4. The zero-order chi connectivity index (χ0) is 22.5. The molecule has 0 aliphatic carbocycles. The molecule has 166 valence electrons. The summed E-state index contributed by atoms with van der Waals surface area (Å²) in [5.41, 5.74) is 1.91. The lowest BCUT2D eigenvalue weighted by molar-refractivity contribution is 0.111. The number of aromatic nitrogens is 2. The second kappa shape index (κ2) is 15.3. The van der Waals surface area contributed by atoms with Crippen molar-refractivity contribution in [2.75, 3.05) is 0 Å². The molecule has 1 unspecified atom stereocenters. The van der Waals surface area contributed by atoms with Crippen LogP contribution in [0.3, 0.4) is 0 Å². The highest BCUT2D eigenvalue weighted by molar-refractivity contribution is 9.10. The Morgan fingerprint density at radius 1 is 0.781 bits per heavy atom. The minimum Gasteiger partial charge on any atom is -0.382 e. The van der Waals surface area contributed by atoms with Crippen LogP contribution >= 0.6 is 39.1 Å². The summed E-state index contributed by atoms with van der Waals surface area (Å²) in [6, 6.07) is 25.2. The van der Waals surface area contributed by atoms with E-state index >= 15 is 0 Å². The smallest absolute Gasteiger partial charge is 0.168 e. The molecule has 0 radical (unpaired) electrons. The predicted molar refractivity (Wildman–Crippen MR) is 135 cm³/mol. The van der Waals surface area contributed by atoms with Crippen molar-refractivity contribution >= 4 is 45.4 Å². The average molecular weight is 534 g/mol. The van der Waals surface area contributed by atoms with Crippen molar-refractivity contribution in [1.29, 1.82) is 0 Å². The van der Waals surface area contributed by atoms with Gasteiger partial charge in [0.2, 0.25) is 0 Å². The third-order valence-electron chi connectivity index (χ3n) is 3.77. The number of aldehydes is 1. The van der Waals surface area contributed by atoms with Gasteiger partial charge in [0.25, 0.3) is 0 Å². The highest BCUT2D eigenvalue weighted by atomic mass is 79.9. The molecule has 0 saturated carbocycles. The van der Waals surface area contributed by atoms with Crippen LogP contribution in [-0.4, -0.2) is 21.4 Å². The Kier molecular flexibility index (Phi) is 13.1. The SMILES string of the molecule is C.Clc1ccc(Br)cc1.O=Cc1ccccn1.OC(c1ccc(Cl)cc1)c1ccccn1. The summed E-state index contributed by atoms with van der Waals surface area (Å²) in [5, 5.41) is 11.4. The van der Waals surface area contributed by atoms with Crippen molar-refractivity contribution in [2.24, 2.45) is 0 Å². The first kappa shape index (κ1) is 27.5. The Balaban J connectivity index is 0.000000257. The molecule has 4 nitrogen and oxygen atoms in total. The van der Waals surface area contributed by atoms with Gasteiger partial charge in [0.05, 0.1) is 5.69 Å². The maximum atomic E-state index is 9.98. The molecule has 4 aromatic rings. The normalized spacial score (nSPS) is 10.2. The Morgan fingerprint density at radius 2 is 1.31 bits per heavy atom. The molecular formula is C25H23BrCl2N2O2. The Labute approximate surface area is 207 Å². The van der Waals surface area contributed by atoms with Gasteiger partial charge >= 0.3 is 0 Å². The monoisotopic (exact) mass is 532 g/mol. The molecule has 0 amide bonds. The van der Waals surface area contributed by atoms with Crippen molar-refractivity contribution in [3.8, 4) is 0 Å². The Hall–Kier alpha value is -2.57. The van der Waals surface area contributed by atoms with Crippen molar-refractivity contribution in [1.82, 2.24) is 9.97 Å². The van der Waals surface area contributed by atoms with E-state index in [-0.39, 0.29) is 7.43 Å². The third kappa shape index (κ3) is 10.2. The molecule has 0 saturated heterocycles. The number of pyridine rings is 2. The fourth-order valence-corrected chi connectivity index (χ4v) is 2.75. The molecule has 0 fully saturated rings. The number of carbonyl (C=O) groups excluding carboxylic acids is 1. The first-order valence-corrected chi connectivity index (χ1v) is 10.7. The van der Waals surface area contributed by atoms with Gasteiger partial charge in [-0.25, -0.2) is 0 Å². The molecule has 2 aromatic heterocycles. The van der Waals surface area contributed by atoms with Gasteiger partial charge in [0.1, 0.15) is 11.8 Å². The summed E-state index contributed by atoms with van der Waals surface area (Å²) >= 11 is 14.6. The van der Waals surface area contributed by atoms with E-state index in [1.807, 2.05) is 36.4 Å². The van der Waals surface area contributed by atoms with Crippen LogP contribution in [0.1, 0.15) is 35.3 Å². The molecule has 2 heterocycles. The molecule has 0 bridgehead atoms. The number of aliphatic hydroxyl groups excluding tert-OH is 1. The molecule has 0 spiro atoms. The van der Waals surface area contributed by atoms with Crippen LogP contribution in [0.4, 0.5) is 0 Å². The minimum absolute atomic E-state index is 0. The molecule has 1 atom stereocenters. The van der Waals surface area contributed by atoms with Crippen molar-refractivity contribution in [3.05, 3.63) is 129 Å². The molecule has 1 N–H and O–H groups in total. The summed E-state index contributed by atoms with van der Waals surface area (Å²) in [7, 11) is 0. The highest BCUT2D eigenvalue weighted by Gasteiger charge is 2.10. The van der Waals surface area contributed by atoms with Crippen LogP contribution in [0.5, 0.6) is 0 Å². The van der Waals surface area contributed by atoms with Crippen LogP contribution in [0.15, 0.2) is 102 Å². The molecule has 0 aliphatic heterocycles. The summed E-state index contributed by atoms with van der Waals surface area (Å²) < 4.78 is 1.06. The van der Waals surface area contributed by atoms with E-state index in [9.17, 15) is 9.90 Å². The van der Waals surface area contributed by atoms with E-state index < -0.39 is 6.10 Å². The lowest BCUT2D eigenvalue weighted by atomic mass is 10.1. The van der Waals surface area contributed by atoms with E-state index in [1.165, 1.54) is 0 Å². The van der Waals surface area contributed by atoms with Crippen LogP contribution < -0.4 is 0 Å². The fraction of sp³-hybridized carbons (Fsp3) is 0.0800. The summed E-state index contributed by atoms with van der Waals surface area (Å²) in [6.07, 6.45) is 3.28. The van der Waals surface area contributed by atoms with Gasteiger partial charge in [0.15, 0.2) is 6.29 Å². The highest BCUT2D eigenvalue weighted by Crippen LogP contribution is 2.21. The Morgan fingerprint density at radius 3 is 1.72 bits per heavy atom. The standard InChI is InChI=1S/C12H10ClNO.C6H4BrCl.C6H5NO.CH4/c13-10-6-4-9(5-7-10)12(15)11-3-1-2-8-14-11;7-5-1-3-6(8)4-2-5;8-5-6-3-1-2-4-7-6;/h1-8,12,15H;1-4H;1-5H;1H4. The molecule has 4 rings (SSSR count). The number of aliphatic hydroxyl groups is 1. The summed E-state index contributed by atoms with van der Waals surface area (Å²) in [6.45, 7) is 0. The van der Waals surface area contributed by atoms with Crippen LogP contribution in [0.2, 0.25) is 10.0 Å². The number of hydrogen-bond donors (Lipinski definition) is 1. The quantitative estimate of drug-likeness (QED) is 0.278. The van der Waals surface area contributed by atoms with E-state index in [1.54, 1.807) is 60.9 Å². The topological polar surface area (TPSA) is 63.1 Å². The van der Waals surface area contributed by atoms with E-state index in [0.29, 0.717) is 16.4 Å². The van der Waals surface area contributed by atoms with E-state index in [0.717, 1.165) is 21.3 Å². The summed E-state index contributed by atoms with van der Waals surface area (Å²) in [5.74, 6) is 0. The molecule has 2 aromatic carbocycles. The second-order valence-electron chi connectivity index (χ2n) is 6.02. The largest absolute Gasteiger partial charge is 0.382 e. The van der Waals surface area contributed by atoms with Gasteiger partial charge in [-0.1, -0.05) is 70.8 Å².